The molecule has 0 bridgehead atoms. The highest BCUT2D eigenvalue weighted by molar-refractivity contribution is 6.11. The first-order chi connectivity index (χ1) is 5.34. The van der Waals surface area contributed by atoms with Gasteiger partial charge in [-0.25, -0.2) is 0 Å². The van der Waals surface area contributed by atoms with Crippen LogP contribution in [-0.2, 0) is 0 Å². The Morgan fingerprint density at radius 3 is 2.64 bits per heavy atom. The first-order valence-corrected chi connectivity index (χ1v) is 6.50. The van der Waals surface area contributed by atoms with Crippen molar-refractivity contribution in [2.24, 2.45) is 5.92 Å². The van der Waals surface area contributed by atoms with Gasteiger partial charge in [-0.05, 0) is 5.92 Å². The molecule has 0 aliphatic heterocycles. The lowest BCUT2D eigenvalue weighted by Gasteiger charge is -2.28. The lowest BCUT2D eigenvalue weighted by Crippen LogP contribution is -2.14. The zero-order chi connectivity index (χ0) is 8.10. The molecule has 0 aromatic carbocycles. The summed E-state index contributed by atoms with van der Waals surface area (Å²) in [6.45, 7) is 2.31. The fraction of sp³-hybridized carbons (Fsp3) is 1.00. The highest BCUT2D eigenvalue weighted by Gasteiger charge is 2.19. The van der Waals surface area contributed by atoms with Gasteiger partial charge in [0.2, 0.25) is 0 Å². The molecule has 1 heteroatoms. The predicted octanol–water partition coefficient (Wildman–Crippen LogP) is 2.52. The van der Waals surface area contributed by atoms with E-state index in [2.05, 4.69) is 6.92 Å². The molecular weight excluding hydrogens is 148 g/mol. The van der Waals surface area contributed by atoms with Crippen molar-refractivity contribution < 1.29 is 0 Å². The van der Waals surface area contributed by atoms with Crippen LogP contribution in [0.2, 0.25) is 5.54 Å². The van der Waals surface area contributed by atoms with E-state index in [1.165, 1.54) is 42.3 Å². The lowest BCUT2D eigenvalue weighted by atomic mass is 9.85. The summed E-state index contributed by atoms with van der Waals surface area (Å²) in [6, 6.07) is 0. The van der Waals surface area contributed by atoms with Crippen LogP contribution in [0.15, 0.2) is 0 Å². The van der Waals surface area contributed by atoms with Crippen molar-refractivity contribution in [3.05, 3.63) is 0 Å². The molecule has 2 unspecified atom stereocenters. The van der Waals surface area contributed by atoms with Gasteiger partial charge in [0.25, 0.3) is 0 Å². The summed E-state index contributed by atoms with van der Waals surface area (Å²) in [5.41, 5.74) is 1.16. The Morgan fingerprint density at radius 1 is 1.27 bits per heavy atom. The van der Waals surface area contributed by atoms with E-state index >= 15 is 0 Å². The van der Waals surface area contributed by atoms with Gasteiger partial charge in [-0.1, -0.05) is 57.4 Å². The number of hydrogen-bond donors (Lipinski definition) is 0. The Bertz CT molecular complexity index is 101. The monoisotopic (exact) mass is 170 g/mol. The molecule has 66 valence electrons. The third kappa shape index (κ3) is 2.98. The molecule has 1 fully saturated rings. The molecule has 0 aromatic rings. The van der Waals surface area contributed by atoms with Crippen LogP contribution in [-0.4, -0.2) is 10.2 Å². The zero-order valence-electron chi connectivity index (χ0n) is 8.10. The quantitative estimate of drug-likeness (QED) is 0.571. The summed E-state index contributed by atoms with van der Waals surface area (Å²) in [6.07, 6.45) is 10.6. The van der Waals surface area contributed by atoms with E-state index in [4.69, 9.17) is 0 Å². The van der Waals surface area contributed by atoms with E-state index < -0.39 is 0 Å². The summed E-state index contributed by atoms with van der Waals surface area (Å²) >= 11 is 0. The number of rotatable bonds is 3. The van der Waals surface area contributed by atoms with Crippen molar-refractivity contribution in [2.45, 2.75) is 57.4 Å². The Balaban J connectivity index is 2.18. The first-order valence-electron chi connectivity index (χ1n) is 5.34. The minimum Gasteiger partial charge on any atom is -0.0654 e. The fourth-order valence-electron chi connectivity index (χ4n) is 2.29. The van der Waals surface area contributed by atoms with Crippen LogP contribution >= 0.6 is 0 Å². The smallest absolute Gasteiger partial charge is 0.00708 e. The molecule has 2 atom stereocenters. The molecule has 11 heavy (non-hydrogen) atoms. The Morgan fingerprint density at radius 2 is 2.00 bits per heavy atom. The van der Waals surface area contributed by atoms with E-state index in [1.54, 1.807) is 12.8 Å². The van der Waals surface area contributed by atoms with Crippen molar-refractivity contribution in [3.8, 4) is 0 Å². The number of unbranched alkanes of at least 4 members (excludes halogenated alkanes) is 1. The van der Waals surface area contributed by atoms with Crippen LogP contribution in [0.5, 0.6) is 0 Å². The largest absolute Gasteiger partial charge is 0.0654 e. The Labute approximate surface area is 74.2 Å². The van der Waals surface area contributed by atoms with Crippen LogP contribution in [0, 0.1) is 5.92 Å². The Hall–Kier alpha value is 0.217. The average molecular weight is 170 g/mol. The van der Waals surface area contributed by atoms with Gasteiger partial charge in [0.1, 0.15) is 0 Å². The third-order valence-electron chi connectivity index (χ3n) is 3.22. The van der Waals surface area contributed by atoms with E-state index in [0.717, 1.165) is 11.5 Å². The van der Waals surface area contributed by atoms with Gasteiger partial charge in [0.05, 0.1) is 0 Å². The molecule has 0 aromatic heterocycles. The summed E-state index contributed by atoms with van der Waals surface area (Å²) in [5, 5.41) is 0. The maximum Gasteiger partial charge on any atom is 0.00708 e. The molecule has 1 aliphatic carbocycles. The van der Waals surface area contributed by atoms with Gasteiger partial charge < -0.3 is 0 Å². The van der Waals surface area contributed by atoms with Crippen molar-refractivity contribution in [2.75, 3.05) is 0 Å². The summed E-state index contributed by atoms with van der Waals surface area (Å²) < 4.78 is 0. The van der Waals surface area contributed by atoms with E-state index in [9.17, 15) is 0 Å². The van der Waals surface area contributed by atoms with Crippen LogP contribution in [0.4, 0.5) is 0 Å². The SMILES string of the molecule is CCCCC1CCCCC1[SiH3]. The molecule has 0 N–H and O–H groups in total. The molecule has 0 amide bonds. The highest BCUT2D eigenvalue weighted by Crippen LogP contribution is 2.35. The molecule has 0 saturated heterocycles. The predicted molar refractivity (Wildman–Crippen MR) is 55.2 cm³/mol. The van der Waals surface area contributed by atoms with Crippen LogP contribution < -0.4 is 0 Å². The molecule has 1 aliphatic rings. The molecule has 0 spiro atoms. The summed E-state index contributed by atoms with van der Waals surface area (Å²) in [4.78, 5) is 0. The standard InChI is InChI=1S/C10H22Si/c1-2-3-6-9-7-4-5-8-10(9)11/h9-10H,2-8H2,1,11H3. The highest BCUT2D eigenvalue weighted by atomic mass is 28.1. The van der Waals surface area contributed by atoms with Gasteiger partial charge in [-0.3, -0.25) is 0 Å². The Kier molecular flexibility index (Phi) is 4.20. The summed E-state index contributed by atoms with van der Waals surface area (Å²) in [7, 11) is 1.45. The van der Waals surface area contributed by atoms with Gasteiger partial charge in [-0.15, -0.1) is 0 Å². The normalized spacial score (nSPS) is 32.5. The molecule has 0 radical (unpaired) electrons. The topological polar surface area (TPSA) is 0 Å². The van der Waals surface area contributed by atoms with E-state index in [-0.39, 0.29) is 0 Å². The minimum absolute atomic E-state index is 1.13. The van der Waals surface area contributed by atoms with E-state index in [1.807, 2.05) is 0 Å². The molecule has 0 nitrogen and oxygen atoms in total. The second kappa shape index (κ2) is 4.97. The van der Waals surface area contributed by atoms with Crippen LogP contribution in [0.1, 0.15) is 51.9 Å². The minimum atomic E-state index is 1.13. The molecule has 1 rings (SSSR count). The number of hydrogen-bond acceptors (Lipinski definition) is 0. The van der Waals surface area contributed by atoms with Crippen molar-refractivity contribution in [3.63, 3.8) is 0 Å². The maximum absolute atomic E-state index is 2.31. The maximum atomic E-state index is 2.31. The second-order valence-corrected chi connectivity index (χ2v) is 5.65. The summed E-state index contributed by atoms with van der Waals surface area (Å²) in [5.74, 6) is 1.13. The molecule has 1 saturated carbocycles. The third-order valence-corrected chi connectivity index (χ3v) is 4.74. The second-order valence-electron chi connectivity index (χ2n) is 4.16. The average Bonchev–Trinajstić information content (AvgIpc) is 2.03. The van der Waals surface area contributed by atoms with Crippen molar-refractivity contribution in [1.82, 2.24) is 0 Å². The van der Waals surface area contributed by atoms with Crippen molar-refractivity contribution in [1.29, 1.82) is 0 Å². The van der Waals surface area contributed by atoms with Crippen LogP contribution in [0.25, 0.3) is 0 Å². The lowest BCUT2D eigenvalue weighted by molar-refractivity contribution is 0.332. The van der Waals surface area contributed by atoms with Gasteiger partial charge in [0.15, 0.2) is 0 Å². The van der Waals surface area contributed by atoms with Gasteiger partial charge >= 0.3 is 0 Å². The van der Waals surface area contributed by atoms with Gasteiger partial charge in [0, 0.05) is 10.2 Å². The first kappa shape index (κ1) is 9.31. The molecular formula is C10H22Si. The van der Waals surface area contributed by atoms with Crippen LogP contribution in [0.3, 0.4) is 0 Å². The molecule has 0 heterocycles. The van der Waals surface area contributed by atoms with Gasteiger partial charge in [-0.2, -0.15) is 0 Å². The van der Waals surface area contributed by atoms with E-state index in [0.29, 0.717) is 0 Å². The fourth-order valence-corrected chi connectivity index (χ4v) is 3.36. The van der Waals surface area contributed by atoms with Crippen molar-refractivity contribution >= 4 is 10.2 Å². The zero-order valence-corrected chi connectivity index (χ0v) is 10.1.